The number of nitrogens with zero attached hydrogens (tertiary/aromatic N) is 5. The number of hydrogen-bond acceptors (Lipinski definition) is 5. The lowest BCUT2D eigenvalue weighted by atomic mass is 10.3. The van der Waals surface area contributed by atoms with E-state index in [0.717, 1.165) is 44.4 Å². The summed E-state index contributed by atoms with van der Waals surface area (Å²) in [5, 5.41) is 0. The molecule has 0 unspecified atom stereocenters. The molecule has 0 aliphatic carbocycles. The maximum atomic E-state index is 4.37. The molecule has 1 aliphatic rings. The molecule has 2 rings (SSSR count). The van der Waals surface area contributed by atoms with E-state index in [4.69, 9.17) is 0 Å². The SMILES string of the molecule is CCN(C)c1cc(N2CCN(C)CC2)ncn1. The van der Waals surface area contributed by atoms with E-state index in [9.17, 15) is 0 Å². The van der Waals surface area contributed by atoms with E-state index in [1.165, 1.54) is 0 Å². The Labute approximate surface area is 103 Å². The Bertz CT molecular complexity index is 360. The van der Waals surface area contributed by atoms with Crippen molar-refractivity contribution in [1.82, 2.24) is 14.9 Å². The first kappa shape index (κ1) is 12.1. The molecule has 1 fully saturated rings. The molecule has 0 spiro atoms. The first-order valence-electron chi connectivity index (χ1n) is 6.17. The summed E-state index contributed by atoms with van der Waals surface area (Å²) < 4.78 is 0. The fourth-order valence-corrected chi connectivity index (χ4v) is 1.92. The van der Waals surface area contributed by atoms with Crippen LogP contribution in [0.25, 0.3) is 0 Å². The van der Waals surface area contributed by atoms with Crippen molar-refractivity contribution >= 4 is 11.6 Å². The van der Waals surface area contributed by atoms with E-state index in [2.05, 4.69) is 51.8 Å². The molecule has 0 atom stereocenters. The van der Waals surface area contributed by atoms with Crippen LogP contribution in [0.3, 0.4) is 0 Å². The Balaban J connectivity index is 2.10. The number of hydrogen-bond donors (Lipinski definition) is 0. The molecule has 1 aliphatic heterocycles. The van der Waals surface area contributed by atoms with Gasteiger partial charge in [0, 0.05) is 45.8 Å². The average Bonchev–Trinajstić information content (AvgIpc) is 2.39. The molecule has 5 nitrogen and oxygen atoms in total. The van der Waals surface area contributed by atoms with Gasteiger partial charge in [0.25, 0.3) is 0 Å². The third kappa shape index (κ3) is 2.85. The number of anilines is 2. The zero-order valence-electron chi connectivity index (χ0n) is 10.9. The van der Waals surface area contributed by atoms with Gasteiger partial charge >= 0.3 is 0 Å². The minimum Gasteiger partial charge on any atom is -0.360 e. The third-order valence-corrected chi connectivity index (χ3v) is 3.33. The Kier molecular flexibility index (Phi) is 3.78. The zero-order chi connectivity index (χ0) is 12.3. The molecule has 1 aromatic heterocycles. The third-order valence-electron chi connectivity index (χ3n) is 3.33. The second-order valence-corrected chi connectivity index (χ2v) is 4.54. The van der Waals surface area contributed by atoms with Crippen molar-refractivity contribution in [1.29, 1.82) is 0 Å². The molecule has 2 heterocycles. The molecule has 0 N–H and O–H groups in total. The molecule has 0 saturated carbocycles. The largest absolute Gasteiger partial charge is 0.360 e. The maximum absolute atomic E-state index is 4.37. The highest BCUT2D eigenvalue weighted by molar-refractivity contribution is 5.49. The van der Waals surface area contributed by atoms with Gasteiger partial charge in [0.2, 0.25) is 0 Å². The molecule has 0 aromatic carbocycles. The normalized spacial score (nSPS) is 17.2. The van der Waals surface area contributed by atoms with Crippen LogP contribution in [0.2, 0.25) is 0 Å². The van der Waals surface area contributed by atoms with E-state index in [1.54, 1.807) is 6.33 Å². The quantitative estimate of drug-likeness (QED) is 0.770. The minimum atomic E-state index is 0.958. The summed E-state index contributed by atoms with van der Waals surface area (Å²) in [5.74, 6) is 2.04. The van der Waals surface area contributed by atoms with Gasteiger partial charge in [-0.1, -0.05) is 0 Å². The Hall–Kier alpha value is -1.36. The van der Waals surface area contributed by atoms with E-state index in [1.807, 2.05) is 0 Å². The van der Waals surface area contributed by atoms with Crippen LogP contribution in [0.5, 0.6) is 0 Å². The van der Waals surface area contributed by atoms with Gasteiger partial charge in [0.05, 0.1) is 0 Å². The summed E-state index contributed by atoms with van der Waals surface area (Å²) in [6, 6.07) is 2.08. The van der Waals surface area contributed by atoms with Gasteiger partial charge in [-0.05, 0) is 14.0 Å². The minimum absolute atomic E-state index is 0.958. The second-order valence-electron chi connectivity index (χ2n) is 4.54. The van der Waals surface area contributed by atoms with Gasteiger partial charge in [-0.25, -0.2) is 9.97 Å². The van der Waals surface area contributed by atoms with Crippen LogP contribution >= 0.6 is 0 Å². The predicted octanol–water partition coefficient (Wildman–Crippen LogP) is 0.684. The molecule has 0 amide bonds. The monoisotopic (exact) mass is 235 g/mol. The Morgan fingerprint density at radius 2 is 1.94 bits per heavy atom. The Morgan fingerprint density at radius 1 is 1.24 bits per heavy atom. The lowest BCUT2D eigenvalue weighted by Crippen LogP contribution is -2.44. The highest BCUT2D eigenvalue weighted by Crippen LogP contribution is 2.17. The van der Waals surface area contributed by atoms with Crippen LogP contribution in [0, 0.1) is 0 Å². The molecule has 1 aromatic rings. The number of likely N-dealkylation sites (N-methyl/N-ethyl adjacent to an activating group) is 1. The summed E-state index contributed by atoms with van der Waals surface area (Å²) >= 11 is 0. The lowest BCUT2D eigenvalue weighted by molar-refractivity contribution is 0.312. The predicted molar refractivity (Wildman–Crippen MR) is 70.7 cm³/mol. The molecule has 1 saturated heterocycles. The van der Waals surface area contributed by atoms with E-state index >= 15 is 0 Å². The van der Waals surface area contributed by atoms with Crippen LogP contribution in [-0.4, -0.2) is 61.7 Å². The first-order valence-corrected chi connectivity index (χ1v) is 6.17. The fraction of sp³-hybridized carbons (Fsp3) is 0.667. The number of rotatable bonds is 3. The molecular weight excluding hydrogens is 214 g/mol. The standard InChI is InChI=1S/C12H21N5/c1-4-16(3)11-9-12(14-10-13-11)17-7-5-15(2)6-8-17/h9-10H,4-8H2,1-3H3. The number of piperazine rings is 1. The topological polar surface area (TPSA) is 35.5 Å². The summed E-state index contributed by atoms with van der Waals surface area (Å²) in [6.07, 6.45) is 1.66. The summed E-state index contributed by atoms with van der Waals surface area (Å²) in [7, 11) is 4.21. The zero-order valence-corrected chi connectivity index (χ0v) is 10.9. The van der Waals surface area contributed by atoms with Crippen molar-refractivity contribution in [3.05, 3.63) is 12.4 Å². The lowest BCUT2D eigenvalue weighted by Gasteiger charge is -2.33. The number of aromatic nitrogens is 2. The van der Waals surface area contributed by atoms with Crippen molar-refractivity contribution in [2.24, 2.45) is 0 Å². The fourth-order valence-electron chi connectivity index (χ4n) is 1.92. The maximum Gasteiger partial charge on any atom is 0.134 e. The van der Waals surface area contributed by atoms with Crippen LogP contribution in [-0.2, 0) is 0 Å². The average molecular weight is 235 g/mol. The van der Waals surface area contributed by atoms with Crippen molar-refractivity contribution in [3.63, 3.8) is 0 Å². The summed E-state index contributed by atoms with van der Waals surface area (Å²) in [5.41, 5.74) is 0. The highest BCUT2D eigenvalue weighted by Gasteiger charge is 2.16. The van der Waals surface area contributed by atoms with Gasteiger partial charge in [-0.2, -0.15) is 0 Å². The van der Waals surface area contributed by atoms with Crippen LogP contribution in [0.4, 0.5) is 11.6 Å². The van der Waals surface area contributed by atoms with Crippen molar-refractivity contribution in [2.75, 3.05) is 56.6 Å². The Morgan fingerprint density at radius 3 is 2.59 bits per heavy atom. The van der Waals surface area contributed by atoms with E-state index in [0.29, 0.717) is 0 Å². The molecular formula is C12H21N5. The molecule has 5 heteroatoms. The second kappa shape index (κ2) is 5.31. The van der Waals surface area contributed by atoms with Gasteiger partial charge in [0.15, 0.2) is 0 Å². The highest BCUT2D eigenvalue weighted by atomic mass is 15.3. The molecule has 94 valence electrons. The molecule has 17 heavy (non-hydrogen) atoms. The van der Waals surface area contributed by atoms with Gasteiger partial charge in [0.1, 0.15) is 18.0 Å². The van der Waals surface area contributed by atoms with Crippen molar-refractivity contribution < 1.29 is 0 Å². The molecule has 0 radical (unpaired) electrons. The van der Waals surface area contributed by atoms with E-state index in [-0.39, 0.29) is 0 Å². The van der Waals surface area contributed by atoms with E-state index < -0.39 is 0 Å². The van der Waals surface area contributed by atoms with Gasteiger partial charge in [-0.3, -0.25) is 0 Å². The smallest absolute Gasteiger partial charge is 0.134 e. The van der Waals surface area contributed by atoms with Crippen LogP contribution in [0.1, 0.15) is 6.92 Å². The van der Waals surface area contributed by atoms with Crippen LogP contribution in [0.15, 0.2) is 12.4 Å². The van der Waals surface area contributed by atoms with Gasteiger partial charge in [-0.15, -0.1) is 0 Å². The molecule has 0 bridgehead atoms. The first-order chi connectivity index (χ1) is 8.20. The van der Waals surface area contributed by atoms with Gasteiger partial charge < -0.3 is 14.7 Å². The van der Waals surface area contributed by atoms with Crippen molar-refractivity contribution in [3.8, 4) is 0 Å². The summed E-state index contributed by atoms with van der Waals surface area (Å²) in [6.45, 7) is 7.37. The van der Waals surface area contributed by atoms with Crippen molar-refractivity contribution in [2.45, 2.75) is 6.92 Å². The summed E-state index contributed by atoms with van der Waals surface area (Å²) in [4.78, 5) is 15.5. The van der Waals surface area contributed by atoms with Crippen LogP contribution < -0.4 is 9.80 Å².